The van der Waals surface area contributed by atoms with Crippen LogP contribution in [-0.2, 0) is 0 Å². The Kier molecular flexibility index (Phi) is 4.58. The highest BCUT2D eigenvalue weighted by molar-refractivity contribution is 5.78. The highest BCUT2D eigenvalue weighted by Crippen LogP contribution is 2.39. The topological polar surface area (TPSA) is 47.7 Å². The van der Waals surface area contributed by atoms with Crippen LogP contribution >= 0.6 is 0 Å². The third kappa shape index (κ3) is 3.05. The number of methoxy groups -OCH3 is 2. The second kappa shape index (κ2) is 6.39. The van der Waals surface area contributed by atoms with Crippen LogP contribution in [0.5, 0.6) is 11.5 Å². The number of ether oxygens (including phenoxy) is 2. The number of nitrogens with zero attached hydrogens (tertiary/aromatic N) is 1. The highest BCUT2D eigenvalue weighted by Gasteiger charge is 2.15. The molecule has 2 N–H and O–H groups in total. The normalized spacial score (nSPS) is 10.3. The fourth-order valence-corrected chi connectivity index (χ4v) is 2.33. The maximum Gasteiger partial charge on any atom is 0.162 e. The van der Waals surface area contributed by atoms with Crippen LogP contribution in [0.25, 0.3) is 0 Å². The van der Waals surface area contributed by atoms with Crippen molar-refractivity contribution in [3.05, 3.63) is 42.0 Å². The monoisotopic (exact) mass is 286 g/mol. The van der Waals surface area contributed by atoms with Crippen molar-refractivity contribution < 1.29 is 9.47 Å². The van der Waals surface area contributed by atoms with Crippen molar-refractivity contribution in [3.8, 4) is 11.5 Å². The molecular formula is C17H22N2O2. The van der Waals surface area contributed by atoms with Crippen LogP contribution in [0, 0.1) is 6.92 Å². The molecule has 112 valence electrons. The first-order valence-electron chi connectivity index (χ1n) is 6.96. The number of benzene rings is 2. The Morgan fingerprint density at radius 2 is 1.57 bits per heavy atom. The van der Waals surface area contributed by atoms with Crippen LogP contribution in [-0.4, -0.2) is 20.8 Å². The summed E-state index contributed by atoms with van der Waals surface area (Å²) in [6, 6.07) is 12.1. The van der Waals surface area contributed by atoms with Crippen LogP contribution in [0.2, 0.25) is 0 Å². The van der Waals surface area contributed by atoms with Crippen LogP contribution in [0.3, 0.4) is 0 Å². The quantitative estimate of drug-likeness (QED) is 0.850. The zero-order valence-corrected chi connectivity index (χ0v) is 13.0. The molecule has 0 aliphatic rings. The van der Waals surface area contributed by atoms with Gasteiger partial charge in [0.2, 0.25) is 0 Å². The molecule has 0 saturated heterocycles. The zero-order chi connectivity index (χ0) is 15.4. The molecule has 0 amide bonds. The summed E-state index contributed by atoms with van der Waals surface area (Å²) in [4.78, 5) is 2.15. The van der Waals surface area contributed by atoms with E-state index in [9.17, 15) is 0 Å². The van der Waals surface area contributed by atoms with Crippen molar-refractivity contribution in [3.63, 3.8) is 0 Å². The SMILES string of the molecule is CCN(c1ccc(C)cc1)c1cc(OC)c(OC)cc1N. The molecule has 0 aliphatic carbocycles. The van der Waals surface area contributed by atoms with Crippen molar-refractivity contribution in [2.24, 2.45) is 0 Å². The van der Waals surface area contributed by atoms with Gasteiger partial charge in [-0.1, -0.05) is 17.7 Å². The first kappa shape index (κ1) is 15.0. The van der Waals surface area contributed by atoms with E-state index in [-0.39, 0.29) is 0 Å². The number of rotatable bonds is 5. The van der Waals surface area contributed by atoms with Gasteiger partial charge in [-0.3, -0.25) is 0 Å². The summed E-state index contributed by atoms with van der Waals surface area (Å²) in [5.41, 5.74) is 10.1. The zero-order valence-electron chi connectivity index (χ0n) is 13.0. The molecule has 0 saturated carbocycles. The van der Waals surface area contributed by atoms with E-state index in [1.807, 2.05) is 6.07 Å². The lowest BCUT2D eigenvalue weighted by Gasteiger charge is -2.26. The summed E-state index contributed by atoms with van der Waals surface area (Å²) in [6.45, 7) is 4.98. The van der Waals surface area contributed by atoms with Gasteiger partial charge in [-0.25, -0.2) is 0 Å². The number of anilines is 3. The van der Waals surface area contributed by atoms with Crippen molar-refractivity contribution in [2.75, 3.05) is 31.4 Å². The fraction of sp³-hybridized carbons (Fsp3) is 0.294. The molecule has 0 heterocycles. The average molecular weight is 286 g/mol. The van der Waals surface area contributed by atoms with Gasteiger partial charge in [-0.15, -0.1) is 0 Å². The van der Waals surface area contributed by atoms with E-state index in [1.54, 1.807) is 20.3 Å². The molecule has 4 heteroatoms. The van der Waals surface area contributed by atoms with E-state index >= 15 is 0 Å². The molecule has 0 radical (unpaired) electrons. The van der Waals surface area contributed by atoms with Gasteiger partial charge in [0.15, 0.2) is 11.5 Å². The van der Waals surface area contributed by atoms with Gasteiger partial charge in [0.25, 0.3) is 0 Å². The van der Waals surface area contributed by atoms with Gasteiger partial charge < -0.3 is 20.1 Å². The Morgan fingerprint density at radius 1 is 1.00 bits per heavy atom. The molecule has 0 atom stereocenters. The number of hydrogen-bond donors (Lipinski definition) is 1. The maximum atomic E-state index is 6.19. The number of nitrogen functional groups attached to an aromatic ring is 1. The van der Waals surface area contributed by atoms with Gasteiger partial charge >= 0.3 is 0 Å². The molecule has 0 fully saturated rings. The lowest BCUT2D eigenvalue weighted by atomic mass is 10.1. The second-order valence-corrected chi connectivity index (χ2v) is 4.85. The molecule has 2 aromatic carbocycles. The van der Waals surface area contributed by atoms with Crippen LogP contribution in [0.1, 0.15) is 12.5 Å². The molecular weight excluding hydrogens is 264 g/mol. The Hall–Kier alpha value is -2.36. The average Bonchev–Trinajstić information content (AvgIpc) is 2.50. The molecule has 2 rings (SSSR count). The van der Waals surface area contributed by atoms with Crippen molar-refractivity contribution in [2.45, 2.75) is 13.8 Å². The van der Waals surface area contributed by atoms with Gasteiger partial charge in [0, 0.05) is 24.4 Å². The van der Waals surface area contributed by atoms with Gasteiger partial charge in [0.05, 0.1) is 25.6 Å². The number of hydrogen-bond acceptors (Lipinski definition) is 4. The van der Waals surface area contributed by atoms with Gasteiger partial charge in [0.1, 0.15) is 0 Å². The second-order valence-electron chi connectivity index (χ2n) is 4.85. The molecule has 4 nitrogen and oxygen atoms in total. The first-order valence-corrected chi connectivity index (χ1v) is 6.96. The van der Waals surface area contributed by atoms with E-state index in [1.165, 1.54) is 5.56 Å². The Labute approximate surface area is 126 Å². The predicted molar refractivity (Wildman–Crippen MR) is 87.8 cm³/mol. The molecule has 0 bridgehead atoms. The summed E-state index contributed by atoms with van der Waals surface area (Å²) < 4.78 is 10.7. The smallest absolute Gasteiger partial charge is 0.162 e. The standard InChI is InChI=1S/C17H22N2O2/c1-5-19(13-8-6-12(2)7-9-13)15-11-17(21-4)16(20-3)10-14(15)18/h6-11H,5,18H2,1-4H3. The summed E-state index contributed by atoms with van der Waals surface area (Å²) in [7, 11) is 3.23. The number of nitrogens with two attached hydrogens (primary N) is 1. The van der Waals surface area contributed by atoms with E-state index in [4.69, 9.17) is 15.2 Å². The molecule has 21 heavy (non-hydrogen) atoms. The van der Waals surface area contributed by atoms with E-state index in [0.717, 1.165) is 17.9 Å². The minimum Gasteiger partial charge on any atom is -0.493 e. The Morgan fingerprint density at radius 3 is 2.10 bits per heavy atom. The number of aryl methyl sites for hydroxylation is 1. The molecule has 2 aromatic rings. The lowest BCUT2D eigenvalue weighted by Crippen LogP contribution is -2.17. The fourth-order valence-electron chi connectivity index (χ4n) is 2.33. The van der Waals surface area contributed by atoms with Gasteiger partial charge in [-0.05, 0) is 26.0 Å². The Balaban J connectivity index is 2.49. The van der Waals surface area contributed by atoms with E-state index < -0.39 is 0 Å². The van der Waals surface area contributed by atoms with Crippen LogP contribution in [0.4, 0.5) is 17.1 Å². The molecule has 0 unspecified atom stereocenters. The minimum atomic E-state index is 0.638. The molecule has 0 aromatic heterocycles. The first-order chi connectivity index (χ1) is 10.1. The molecule has 0 aliphatic heterocycles. The molecule has 0 spiro atoms. The maximum absolute atomic E-state index is 6.19. The highest BCUT2D eigenvalue weighted by atomic mass is 16.5. The minimum absolute atomic E-state index is 0.638. The van der Waals surface area contributed by atoms with Crippen LogP contribution in [0.15, 0.2) is 36.4 Å². The van der Waals surface area contributed by atoms with Gasteiger partial charge in [-0.2, -0.15) is 0 Å². The third-order valence-corrected chi connectivity index (χ3v) is 3.49. The van der Waals surface area contributed by atoms with Crippen LogP contribution < -0.4 is 20.1 Å². The summed E-state index contributed by atoms with van der Waals surface area (Å²) in [5.74, 6) is 1.31. The Bertz CT molecular complexity index is 609. The summed E-state index contributed by atoms with van der Waals surface area (Å²) in [6.07, 6.45) is 0. The lowest BCUT2D eigenvalue weighted by molar-refractivity contribution is 0.355. The van der Waals surface area contributed by atoms with E-state index in [2.05, 4.69) is 43.0 Å². The van der Waals surface area contributed by atoms with Crippen molar-refractivity contribution in [1.29, 1.82) is 0 Å². The largest absolute Gasteiger partial charge is 0.493 e. The summed E-state index contributed by atoms with van der Waals surface area (Å²) in [5, 5.41) is 0. The van der Waals surface area contributed by atoms with E-state index in [0.29, 0.717) is 17.2 Å². The van der Waals surface area contributed by atoms with Crippen molar-refractivity contribution >= 4 is 17.1 Å². The summed E-state index contributed by atoms with van der Waals surface area (Å²) >= 11 is 0. The third-order valence-electron chi connectivity index (χ3n) is 3.49. The van der Waals surface area contributed by atoms with Crippen molar-refractivity contribution in [1.82, 2.24) is 0 Å². The predicted octanol–water partition coefficient (Wildman–Crippen LogP) is 3.75.